The molecule has 8 nitrogen and oxygen atoms in total. The van der Waals surface area contributed by atoms with Gasteiger partial charge in [0, 0.05) is 32.1 Å². The van der Waals surface area contributed by atoms with Crippen molar-refractivity contribution >= 4 is 22.7 Å². The van der Waals surface area contributed by atoms with E-state index in [1.165, 1.54) is 5.56 Å². The number of aryl methyl sites for hydroxylation is 1. The minimum absolute atomic E-state index is 0.0142. The number of carbonyl (C=O) groups is 2. The van der Waals surface area contributed by atoms with E-state index in [2.05, 4.69) is 28.6 Å². The molecule has 1 saturated carbocycles. The van der Waals surface area contributed by atoms with E-state index in [4.69, 9.17) is 5.21 Å². The average Bonchev–Trinajstić information content (AvgIpc) is 3.44. The Balaban J connectivity index is 1.25. The number of hydroxylamine groups is 1. The first-order valence-corrected chi connectivity index (χ1v) is 10.9. The van der Waals surface area contributed by atoms with Crippen molar-refractivity contribution in [3.8, 4) is 0 Å². The number of nitrogens with one attached hydrogen (secondary N) is 2. The predicted octanol–water partition coefficient (Wildman–Crippen LogP) is 1.54. The highest BCUT2D eigenvalue weighted by atomic mass is 16.5. The maximum Gasteiger partial charge on any atom is 0.248 e. The van der Waals surface area contributed by atoms with Gasteiger partial charge in [0.25, 0.3) is 0 Å². The molecular weight excluding hydrogens is 382 g/mol. The van der Waals surface area contributed by atoms with Gasteiger partial charge in [-0.05, 0) is 55.1 Å². The Morgan fingerprint density at radius 3 is 2.73 bits per heavy atom. The van der Waals surface area contributed by atoms with Crippen molar-refractivity contribution in [3.05, 3.63) is 30.0 Å². The van der Waals surface area contributed by atoms with Gasteiger partial charge in [0.15, 0.2) is 0 Å². The highest BCUT2D eigenvalue weighted by molar-refractivity contribution is 5.90. The van der Waals surface area contributed by atoms with Crippen LogP contribution in [0.2, 0.25) is 0 Å². The van der Waals surface area contributed by atoms with E-state index in [9.17, 15) is 9.59 Å². The van der Waals surface area contributed by atoms with Crippen LogP contribution in [-0.2, 0) is 16.6 Å². The number of likely N-dealkylation sites (tertiary alicyclic amines) is 1. The van der Waals surface area contributed by atoms with Crippen molar-refractivity contribution in [2.75, 3.05) is 19.6 Å². The fourth-order valence-electron chi connectivity index (χ4n) is 5.31. The summed E-state index contributed by atoms with van der Waals surface area (Å²) in [6.45, 7) is 2.15. The molecule has 2 saturated heterocycles. The molecule has 2 aromatic rings. The van der Waals surface area contributed by atoms with Crippen molar-refractivity contribution in [2.24, 2.45) is 18.4 Å². The number of rotatable bonds is 3. The van der Waals surface area contributed by atoms with Crippen LogP contribution in [0, 0.1) is 11.3 Å². The zero-order chi connectivity index (χ0) is 20.9. The monoisotopic (exact) mass is 411 g/mol. The molecule has 0 radical (unpaired) electrons. The van der Waals surface area contributed by atoms with E-state index in [0.29, 0.717) is 25.4 Å². The zero-order valence-corrected chi connectivity index (χ0v) is 17.3. The van der Waals surface area contributed by atoms with Crippen LogP contribution in [0.15, 0.2) is 24.4 Å². The fraction of sp³-hybridized carbons (Fsp3) is 0.591. The molecule has 1 aromatic heterocycles. The average molecular weight is 412 g/mol. The smallest absolute Gasteiger partial charge is 0.248 e. The molecule has 3 N–H and O–H groups in total. The van der Waals surface area contributed by atoms with Crippen molar-refractivity contribution in [2.45, 2.75) is 44.1 Å². The molecule has 8 heteroatoms. The van der Waals surface area contributed by atoms with Gasteiger partial charge < -0.3 is 10.2 Å². The molecule has 1 aliphatic carbocycles. The number of piperidine rings is 2. The van der Waals surface area contributed by atoms with E-state index in [1.807, 2.05) is 22.8 Å². The third-order valence-corrected chi connectivity index (χ3v) is 7.47. The summed E-state index contributed by atoms with van der Waals surface area (Å²) in [6, 6.07) is 5.95. The van der Waals surface area contributed by atoms with Crippen molar-refractivity contribution in [3.63, 3.8) is 0 Å². The number of fused-ring (bicyclic) bond motifs is 1. The topological polar surface area (TPSA) is 99.5 Å². The molecule has 2 atom stereocenters. The van der Waals surface area contributed by atoms with Gasteiger partial charge >= 0.3 is 0 Å². The third-order valence-electron chi connectivity index (χ3n) is 7.47. The largest absolute Gasteiger partial charge is 0.341 e. The lowest BCUT2D eigenvalue weighted by molar-refractivity contribution is -0.145. The van der Waals surface area contributed by atoms with Crippen LogP contribution in [0.25, 0.3) is 10.9 Å². The van der Waals surface area contributed by atoms with Gasteiger partial charge in [-0.3, -0.25) is 19.5 Å². The summed E-state index contributed by atoms with van der Waals surface area (Å²) in [6.07, 6.45) is 6.53. The fourth-order valence-corrected chi connectivity index (χ4v) is 5.31. The highest BCUT2D eigenvalue weighted by Crippen LogP contribution is 2.52. The molecule has 1 aromatic carbocycles. The van der Waals surface area contributed by atoms with Crippen LogP contribution >= 0.6 is 0 Å². The number of aromatic nitrogens is 2. The number of benzene rings is 1. The summed E-state index contributed by atoms with van der Waals surface area (Å²) >= 11 is 0. The van der Waals surface area contributed by atoms with Crippen LogP contribution in [0.3, 0.4) is 0 Å². The molecule has 3 aliphatic rings. The van der Waals surface area contributed by atoms with Gasteiger partial charge in [-0.1, -0.05) is 12.1 Å². The molecule has 2 amide bonds. The normalized spacial score (nSPS) is 26.1. The number of hydrogen-bond donors (Lipinski definition) is 3. The Kier molecular flexibility index (Phi) is 4.78. The van der Waals surface area contributed by atoms with Crippen LogP contribution in [0.4, 0.5) is 0 Å². The molecule has 0 bridgehead atoms. The number of amides is 2. The summed E-state index contributed by atoms with van der Waals surface area (Å²) in [5.41, 5.74) is 4.34. The first-order valence-electron chi connectivity index (χ1n) is 10.9. The molecule has 1 spiro atoms. The summed E-state index contributed by atoms with van der Waals surface area (Å²) < 4.78 is 1.89. The highest BCUT2D eigenvalue weighted by Gasteiger charge is 2.52. The summed E-state index contributed by atoms with van der Waals surface area (Å²) in [4.78, 5) is 27.4. The molecule has 3 heterocycles. The minimum Gasteiger partial charge on any atom is -0.341 e. The lowest BCUT2D eigenvalue weighted by Gasteiger charge is -2.40. The van der Waals surface area contributed by atoms with Gasteiger partial charge in [-0.25, -0.2) is 5.48 Å². The Morgan fingerprint density at radius 1 is 1.27 bits per heavy atom. The minimum atomic E-state index is -0.550. The van der Waals surface area contributed by atoms with Crippen LogP contribution in [0.1, 0.15) is 43.6 Å². The van der Waals surface area contributed by atoms with Gasteiger partial charge in [-0.2, -0.15) is 5.10 Å². The number of hydrogen-bond acceptors (Lipinski definition) is 5. The SMILES string of the molecule is Cn1ncc2ccc(C3CCN(C(=O)C4NCC5(CC5)CC4C(=O)NO)CC3)cc21. The molecular formula is C22H29N5O3. The van der Waals surface area contributed by atoms with Crippen LogP contribution in [-0.4, -0.2) is 57.4 Å². The van der Waals surface area contributed by atoms with Crippen LogP contribution < -0.4 is 10.8 Å². The second kappa shape index (κ2) is 7.35. The maximum atomic E-state index is 13.2. The van der Waals surface area contributed by atoms with Gasteiger partial charge in [0.05, 0.1) is 23.7 Å². The maximum absolute atomic E-state index is 13.2. The summed E-state index contributed by atoms with van der Waals surface area (Å²) in [7, 11) is 1.95. The molecule has 2 unspecified atom stereocenters. The Morgan fingerprint density at radius 2 is 2.03 bits per heavy atom. The summed E-state index contributed by atoms with van der Waals surface area (Å²) in [5, 5.41) is 18.0. The molecule has 3 fully saturated rings. The Bertz CT molecular complexity index is 974. The van der Waals surface area contributed by atoms with Gasteiger partial charge in [0.2, 0.25) is 11.8 Å². The molecule has 2 aliphatic heterocycles. The second-order valence-electron chi connectivity index (χ2n) is 9.33. The van der Waals surface area contributed by atoms with E-state index in [0.717, 1.165) is 43.1 Å². The quantitative estimate of drug-likeness (QED) is 0.526. The first kappa shape index (κ1) is 19.5. The van der Waals surface area contributed by atoms with E-state index < -0.39 is 17.9 Å². The molecule has 30 heavy (non-hydrogen) atoms. The van der Waals surface area contributed by atoms with Gasteiger partial charge in [0.1, 0.15) is 0 Å². The number of carbonyl (C=O) groups excluding carboxylic acids is 2. The Hall–Kier alpha value is -2.45. The molecule has 160 valence electrons. The van der Waals surface area contributed by atoms with Crippen LogP contribution in [0.5, 0.6) is 0 Å². The van der Waals surface area contributed by atoms with Crippen molar-refractivity contribution in [1.82, 2.24) is 25.5 Å². The second-order valence-corrected chi connectivity index (χ2v) is 9.33. The van der Waals surface area contributed by atoms with Gasteiger partial charge in [-0.15, -0.1) is 0 Å². The van der Waals surface area contributed by atoms with E-state index >= 15 is 0 Å². The lowest BCUT2D eigenvalue weighted by Crippen LogP contribution is -2.59. The lowest BCUT2D eigenvalue weighted by atomic mass is 9.81. The van der Waals surface area contributed by atoms with E-state index in [-0.39, 0.29) is 11.3 Å². The predicted molar refractivity (Wildman–Crippen MR) is 111 cm³/mol. The summed E-state index contributed by atoms with van der Waals surface area (Å²) in [5.74, 6) is -0.562. The van der Waals surface area contributed by atoms with Crippen molar-refractivity contribution in [1.29, 1.82) is 0 Å². The standard InChI is InChI=1S/C22H29N5O3/c1-26-18-10-15(2-3-16(18)12-24-26)14-4-8-27(9-5-14)21(29)19-17(20(28)25-30)11-22(6-7-22)13-23-19/h2-3,10,12,14,17,19,23,30H,4-9,11,13H2,1H3,(H,25,28). The number of nitrogens with zero attached hydrogens (tertiary/aromatic N) is 3. The zero-order valence-electron chi connectivity index (χ0n) is 17.3. The molecule has 5 rings (SSSR count). The van der Waals surface area contributed by atoms with E-state index in [1.54, 1.807) is 5.48 Å². The third kappa shape index (κ3) is 3.37. The first-order chi connectivity index (χ1) is 14.5. The Labute approximate surface area is 175 Å². The van der Waals surface area contributed by atoms with Crippen molar-refractivity contribution < 1.29 is 14.8 Å².